The summed E-state index contributed by atoms with van der Waals surface area (Å²) in [5.41, 5.74) is 3.24. The number of aromatic nitrogens is 1. The van der Waals surface area contributed by atoms with Crippen LogP contribution in [0.1, 0.15) is 47.6 Å². The van der Waals surface area contributed by atoms with Crippen molar-refractivity contribution in [3.05, 3.63) is 65.2 Å². The number of hydrogen-bond acceptors (Lipinski definition) is 5. The maximum atomic E-state index is 13.1. The van der Waals surface area contributed by atoms with Crippen LogP contribution in [-0.4, -0.2) is 23.0 Å². The fourth-order valence-electron chi connectivity index (χ4n) is 3.80. The number of nitrogens with zero attached hydrogens (tertiary/aromatic N) is 1. The molecule has 2 aromatic heterocycles. The number of para-hydroxylation sites is 1. The highest BCUT2D eigenvalue weighted by Gasteiger charge is 2.28. The Morgan fingerprint density at radius 2 is 2.10 bits per heavy atom. The largest absolute Gasteiger partial charge is 0.467 e. The van der Waals surface area contributed by atoms with Crippen LogP contribution in [0.3, 0.4) is 0 Å². The lowest BCUT2D eigenvalue weighted by molar-refractivity contribution is -0.129. The van der Waals surface area contributed by atoms with Crippen molar-refractivity contribution in [2.75, 3.05) is 0 Å². The highest BCUT2D eigenvalue weighted by Crippen LogP contribution is 2.32. The van der Waals surface area contributed by atoms with Crippen LogP contribution in [0.25, 0.3) is 10.9 Å². The predicted molar refractivity (Wildman–Crippen MR) is 108 cm³/mol. The van der Waals surface area contributed by atoms with Crippen LogP contribution in [0.5, 0.6) is 0 Å². The molecule has 1 amide bonds. The van der Waals surface area contributed by atoms with Crippen molar-refractivity contribution in [1.82, 2.24) is 10.3 Å². The molecule has 0 unspecified atom stereocenters. The van der Waals surface area contributed by atoms with Gasteiger partial charge in [-0.15, -0.1) is 0 Å². The third kappa shape index (κ3) is 4.01. The van der Waals surface area contributed by atoms with Gasteiger partial charge in [0.2, 0.25) is 0 Å². The van der Waals surface area contributed by atoms with Crippen molar-refractivity contribution in [3.63, 3.8) is 0 Å². The fourth-order valence-corrected chi connectivity index (χ4v) is 3.80. The summed E-state index contributed by atoms with van der Waals surface area (Å²) in [4.78, 5) is 30.3. The zero-order chi connectivity index (χ0) is 20.4. The number of hydrogen-bond donors (Lipinski definition) is 1. The van der Waals surface area contributed by atoms with Crippen LogP contribution in [0.4, 0.5) is 0 Å². The molecule has 6 nitrogen and oxygen atoms in total. The SMILES string of the molecule is C[C@@H]1CCc2nc3ccccc3c(C(=O)O[C@H](C)C(=O)NCc3ccco3)c2C1. The molecule has 1 aromatic carbocycles. The van der Waals surface area contributed by atoms with E-state index in [1.54, 1.807) is 25.3 Å². The zero-order valence-electron chi connectivity index (χ0n) is 16.6. The number of pyridine rings is 1. The third-order valence-electron chi connectivity index (χ3n) is 5.38. The lowest BCUT2D eigenvalue weighted by atomic mass is 9.84. The van der Waals surface area contributed by atoms with E-state index in [1.165, 1.54) is 0 Å². The highest BCUT2D eigenvalue weighted by atomic mass is 16.5. The molecule has 29 heavy (non-hydrogen) atoms. The number of fused-ring (bicyclic) bond motifs is 2. The maximum Gasteiger partial charge on any atom is 0.339 e. The molecule has 1 aliphatic rings. The van der Waals surface area contributed by atoms with Gasteiger partial charge in [0, 0.05) is 11.1 Å². The first-order chi connectivity index (χ1) is 14.0. The standard InChI is InChI=1S/C23H24N2O4/c1-14-9-10-20-18(12-14)21(17-7-3-4-8-19(17)25-20)23(27)29-15(2)22(26)24-13-16-6-5-11-28-16/h3-8,11,14-15H,9-10,12-13H2,1-2H3,(H,24,26)/t14-,15-/m1/s1. The van der Waals surface area contributed by atoms with Crippen molar-refractivity contribution in [3.8, 4) is 0 Å². The Morgan fingerprint density at radius 1 is 1.28 bits per heavy atom. The Hall–Kier alpha value is -3.15. The molecule has 0 saturated carbocycles. The number of benzene rings is 1. The van der Waals surface area contributed by atoms with E-state index in [1.807, 2.05) is 24.3 Å². The number of furan rings is 1. The van der Waals surface area contributed by atoms with Gasteiger partial charge < -0.3 is 14.5 Å². The average Bonchev–Trinajstić information content (AvgIpc) is 3.23. The predicted octanol–water partition coefficient (Wildman–Crippen LogP) is 3.81. The summed E-state index contributed by atoms with van der Waals surface area (Å²) in [5, 5.41) is 3.50. The maximum absolute atomic E-state index is 13.1. The van der Waals surface area contributed by atoms with Crippen LogP contribution < -0.4 is 5.32 Å². The molecule has 1 aliphatic carbocycles. The van der Waals surface area contributed by atoms with Crippen molar-refractivity contribution in [1.29, 1.82) is 0 Å². The Labute approximate surface area is 169 Å². The second-order valence-corrected chi connectivity index (χ2v) is 7.62. The lowest BCUT2D eigenvalue weighted by Gasteiger charge is -2.24. The van der Waals surface area contributed by atoms with E-state index < -0.39 is 12.1 Å². The minimum Gasteiger partial charge on any atom is -0.467 e. The second kappa shape index (κ2) is 8.07. The van der Waals surface area contributed by atoms with E-state index in [0.717, 1.165) is 41.4 Å². The van der Waals surface area contributed by atoms with Gasteiger partial charge in [-0.25, -0.2) is 4.79 Å². The first kappa shape index (κ1) is 19.2. The van der Waals surface area contributed by atoms with Crippen LogP contribution in [0.15, 0.2) is 47.1 Å². The van der Waals surface area contributed by atoms with E-state index in [-0.39, 0.29) is 12.5 Å². The highest BCUT2D eigenvalue weighted by molar-refractivity contribution is 6.05. The lowest BCUT2D eigenvalue weighted by Crippen LogP contribution is -2.35. The molecule has 150 valence electrons. The molecule has 4 rings (SSSR count). The van der Waals surface area contributed by atoms with E-state index in [4.69, 9.17) is 14.1 Å². The van der Waals surface area contributed by atoms with E-state index in [0.29, 0.717) is 17.2 Å². The molecule has 2 atom stereocenters. The van der Waals surface area contributed by atoms with Crippen molar-refractivity contribution in [2.24, 2.45) is 5.92 Å². The zero-order valence-corrected chi connectivity index (χ0v) is 16.6. The molecule has 0 saturated heterocycles. The first-order valence-corrected chi connectivity index (χ1v) is 9.94. The molecule has 1 N–H and O–H groups in total. The van der Waals surface area contributed by atoms with Gasteiger partial charge in [-0.1, -0.05) is 25.1 Å². The van der Waals surface area contributed by atoms with E-state index in [9.17, 15) is 9.59 Å². The summed E-state index contributed by atoms with van der Waals surface area (Å²) in [5.74, 6) is 0.274. The molecule has 0 bridgehead atoms. The van der Waals surface area contributed by atoms with Gasteiger partial charge in [0.25, 0.3) is 5.91 Å². The van der Waals surface area contributed by atoms with Crippen molar-refractivity contribution < 1.29 is 18.7 Å². The summed E-state index contributed by atoms with van der Waals surface area (Å²) in [6.07, 6.45) is 3.32. The van der Waals surface area contributed by atoms with Gasteiger partial charge in [0.15, 0.2) is 6.10 Å². The molecule has 0 spiro atoms. The molecule has 3 aromatic rings. The Balaban J connectivity index is 1.57. The number of ether oxygens (including phenoxy) is 1. The van der Waals surface area contributed by atoms with Crippen molar-refractivity contribution >= 4 is 22.8 Å². The normalized spacial score (nSPS) is 16.8. The second-order valence-electron chi connectivity index (χ2n) is 7.62. The van der Waals surface area contributed by atoms with Gasteiger partial charge in [-0.3, -0.25) is 9.78 Å². The van der Waals surface area contributed by atoms with Crippen LogP contribution in [0, 0.1) is 5.92 Å². The molecule has 2 heterocycles. The summed E-state index contributed by atoms with van der Waals surface area (Å²) in [6.45, 7) is 4.00. The Kier molecular flexibility index (Phi) is 5.34. The van der Waals surface area contributed by atoms with Gasteiger partial charge in [0.1, 0.15) is 5.76 Å². The van der Waals surface area contributed by atoms with Crippen LogP contribution in [0.2, 0.25) is 0 Å². The molecular weight excluding hydrogens is 368 g/mol. The summed E-state index contributed by atoms with van der Waals surface area (Å²) in [6, 6.07) is 11.1. The number of carbonyl (C=O) groups excluding carboxylic acids is 2. The summed E-state index contributed by atoms with van der Waals surface area (Å²) < 4.78 is 10.8. The molecule has 0 aliphatic heterocycles. The number of rotatable bonds is 5. The van der Waals surface area contributed by atoms with E-state index in [2.05, 4.69) is 12.2 Å². The van der Waals surface area contributed by atoms with Crippen LogP contribution >= 0.6 is 0 Å². The van der Waals surface area contributed by atoms with Gasteiger partial charge in [0.05, 0.1) is 23.9 Å². The van der Waals surface area contributed by atoms with Crippen LogP contribution in [-0.2, 0) is 28.9 Å². The topological polar surface area (TPSA) is 81.4 Å². The number of aryl methyl sites for hydroxylation is 1. The molecule has 6 heteroatoms. The summed E-state index contributed by atoms with van der Waals surface area (Å²) >= 11 is 0. The first-order valence-electron chi connectivity index (χ1n) is 9.94. The fraction of sp³-hybridized carbons (Fsp3) is 0.348. The van der Waals surface area contributed by atoms with Gasteiger partial charge in [-0.2, -0.15) is 0 Å². The average molecular weight is 392 g/mol. The molecule has 0 radical (unpaired) electrons. The number of nitrogens with one attached hydrogen (secondary N) is 1. The third-order valence-corrected chi connectivity index (χ3v) is 5.38. The van der Waals surface area contributed by atoms with E-state index >= 15 is 0 Å². The minimum atomic E-state index is -0.916. The summed E-state index contributed by atoms with van der Waals surface area (Å²) in [7, 11) is 0. The van der Waals surface area contributed by atoms with Gasteiger partial charge in [-0.05, 0) is 55.9 Å². The van der Waals surface area contributed by atoms with Gasteiger partial charge >= 0.3 is 5.97 Å². The monoisotopic (exact) mass is 392 g/mol. The van der Waals surface area contributed by atoms with Crippen molar-refractivity contribution in [2.45, 2.75) is 45.8 Å². The Morgan fingerprint density at radius 3 is 2.90 bits per heavy atom. The number of esters is 1. The Bertz CT molecular complexity index is 1040. The molecular formula is C23H24N2O4. The molecule has 0 fully saturated rings. The number of amides is 1. The quantitative estimate of drug-likeness (QED) is 0.668. The minimum absolute atomic E-state index is 0.249. The smallest absolute Gasteiger partial charge is 0.339 e. The number of carbonyl (C=O) groups is 2.